The van der Waals surface area contributed by atoms with Crippen molar-refractivity contribution in [3.8, 4) is 0 Å². The fraction of sp³-hybridized carbons (Fsp3) is 0.500. The highest BCUT2D eigenvalue weighted by atomic mass is 127. The van der Waals surface area contributed by atoms with Crippen LogP contribution >= 0.6 is 35.2 Å². The van der Waals surface area contributed by atoms with Crippen molar-refractivity contribution in [2.75, 3.05) is 6.26 Å². The van der Waals surface area contributed by atoms with Gasteiger partial charge in [0.05, 0.1) is 0 Å². The third kappa shape index (κ3) is 4.22. The van der Waals surface area contributed by atoms with E-state index < -0.39 is 0 Å². The predicted molar refractivity (Wildman–Crippen MR) is 77.5 cm³/mol. The van der Waals surface area contributed by atoms with E-state index in [1.54, 1.807) is 6.26 Å². The molecule has 2 heteroatoms. The van der Waals surface area contributed by atoms with E-state index in [1.165, 1.54) is 14.7 Å². The Hall–Kier alpha value is 0.300. The van der Waals surface area contributed by atoms with Gasteiger partial charge in [0.1, 0.15) is 0 Å². The summed E-state index contributed by atoms with van der Waals surface area (Å²) in [5, 5.41) is 0. The summed E-state index contributed by atoms with van der Waals surface area (Å²) in [6, 6.07) is 6.69. The summed E-state index contributed by atoms with van der Waals surface area (Å²) in [6.45, 7) is 8.88. The Kier molecular flexibility index (Phi) is 6.14. The summed E-state index contributed by atoms with van der Waals surface area (Å²) in [6.07, 6.45) is 1.69. The standard InChI is InChI=1S/C11H15I.CH4S/c1-8-5-6-9(7-10(8)12)11(2,3)4;1-2/h5-7H,1-4H3;2H,1H3. The first-order valence-corrected chi connectivity index (χ1v) is 6.60. The van der Waals surface area contributed by atoms with Gasteiger partial charge in [0.25, 0.3) is 0 Å². The highest BCUT2D eigenvalue weighted by molar-refractivity contribution is 14.1. The van der Waals surface area contributed by atoms with Crippen molar-refractivity contribution in [2.45, 2.75) is 33.1 Å². The molecule has 0 aliphatic carbocycles. The normalized spacial score (nSPS) is 10.5. The monoisotopic (exact) mass is 322 g/mol. The number of thiol groups is 1. The lowest BCUT2D eigenvalue weighted by Gasteiger charge is -2.19. The van der Waals surface area contributed by atoms with Gasteiger partial charge in [-0.3, -0.25) is 0 Å². The van der Waals surface area contributed by atoms with Crippen LogP contribution in [0, 0.1) is 10.5 Å². The Balaban J connectivity index is 0.000000791. The van der Waals surface area contributed by atoms with Gasteiger partial charge in [0.15, 0.2) is 0 Å². The van der Waals surface area contributed by atoms with Crippen molar-refractivity contribution in [1.29, 1.82) is 0 Å². The van der Waals surface area contributed by atoms with Crippen LogP contribution in [0.25, 0.3) is 0 Å². The largest absolute Gasteiger partial charge is 0.183 e. The zero-order valence-electron chi connectivity index (χ0n) is 9.56. The molecule has 80 valence electrons. The molecule has 0 amide bonds. The van der Waals surface area contributed by atoms with E-state index in [4.69, 9.17) is 0 Å². The van der Waals surface area contributed by atoms with E-state index in [0.717, 1.165) is 0 Å². The molecule has 0 N–H and O–H groups in total. The molecule has 0 atom stereocenters. The van der Waals surface area contributed by atoms with E-state index >= 15 is 0 Å². The molecular formula is C12H19IS. The first-order valence-electron chi connectivity index (χ1n) is 4.62. The number of aryl methyl sites for hydroxylation is 1. The maximum atomic E-state index is 3.53. The number of rotatable bonds is 0. The van der Waals surface area contributed by atoms with Gasteiger partial charge in [-0.15, -0.1) is 0 Å². The molecule has 0 saturated carbocycles. The van der Waals surface area contributed by atoms with Crippen LogP contribution in [0.15, 0.2) is 18.2 Å². The number of hydrogen-bond acceptors (Lipinski definition) is 1. The maximum Gasteiger partial charge on any atom is 0.0162 e. The number of hydrogen-bond donors (Lipinski definition) is 1. The van der Waals surface area contributed by atoms with Crippen LogP contribution < -0.4 is 0 Å². The molecule has 0 heterocycles. The average molecular weight is 322 g/mol. The minimum Gasteiger partial charge on any atom is -0.183 e. The van der Waals surface area contributed by atoms with E-state index in [2.05, 4.69) is 81.1 Å². The minimum absolute atomic E-state index is 0.271. The molecule has 1 aromatic rings. The van der Waals surface area contributed by atoms with E-state index in [0.29, 0.717) is 0 Å². The molecule has 0 unspecified atom stereocenters. The van der Waals surface area contributed by atoms with Gasteiger partial charge in [-0.2, -0.15) is 12.6 Å². The van der Waals surface area contributed by atoms with Crippen molar-refractivity contribution in [3.05, 3.63) is 32.9 Å². The van der Waals surface area contributed by atoms with Crippen LogP contribution in [-0.4, -0.2) is 6.26 Å². The number of benzene rings is 1. The van der Waals surface area contributed by atoms with Crippen molar-refractivity contribution in [2.24, 2.45) is 0 Å². The van der Waals surface area contributed by atoms with Gasteiger partial charge < -0.3 is 0 Å². The quantitative estimate of drug-likeness (QED) is 0.530. The molecule has 0 spiro atoms. The Morgan fingerprint density at radius 2 is 1.64 bits per heavy atom. The molecular weight excluding hydrogens is 303 g/mol. The van der Waals surface area contributed by atoms with Crippen LogP contribution in [0.2, 0.25) is 0 Å². The van der Waals surface area contributed by atoms with Crippen LogP contribution in [0.4, 0.5) is 0 Å². The molecule has 0 radical (unpaired) electrons. The summed E-state index contributed by atoms with van der Waals surface area (Å²) in [4.78, 5) is 0. The lowest BCUT2D eigenvalue weighted by Crippen LogP contribution is -2.11. The molecule has 0 saturated heterocycles. The van der Waals surface area contributed by atoms with Gasteiger partial charge in [-0.25, -0.2) is 0 Å². The van der Waals surface area contributed by atoms with Crippen LogP contribution in [0.1, 0.15) is 31.9 Å². The van der Waals surface area contributed by atoms with Crippen molar-refractivity contribution >= 4 is 35.2 Å². The van der Waals surface area contributed by atoms with Crippen molar-refractivity contribution in [3.63, 3.8) is 0 Å². The molecule has 1 rings (SSSR count). The predicted octanol–water partition coefficient (Wildman–Crippen LogP) is 4.44. The molecule has 14 heavy (non-hydrogen) atoms. The zero-order chi connectivity index (χ0) is 11.4. The second-order valence-electron chi connectivity index (χ2n) is 4.21. The highest BCUT2D eigenvalue weighted by Crippen LogP contribution is 2.24. The third-order valence-electron chi connectivity index (χ3n) is 2.04. The second kappa shape index (κ2) is 6.01. The van der Waals surface area contributed by atoms with Crippen LogP contribution in [0.3, 0.4) is 0 Å². The van der Waals surface area contributed by atoms with Gasteiger partial charge in [-0.1, -0.05) is 32.9 Å². The Morgan fingerprint density at radius 1 is 1.14 bits per heavy atom. The molecule has 0 nitrogen and oxygen atoms in total. The van der Waals surface area contributed by atoms with Crippen LogP contribution in [0.5, 0.6) is 0 Å². The van der Waals surface area contributed by atoms with E-state index in [9.17, 15) is 0 Å². The second-order valence-corrected chi connectivity index (χ2v) is 5.38. The molecule has 1 aromatic carbocycles. The fourth-order valence-electron chi connectivity index (χ4n) is 1.06. The number of halogens is 1. The highest BCUT2D eigenvalue weighted by Gasteiger charge is 2.13. The Morgan fingerprint density at radius 3 is 2.00 bits per heavy atom. The topological polar surface area (TPSA) is 0 Å². The minimum atomic E-state index is 0.271. The average Bonchev–Trinajstić information content (AvgIpc) is 2.11. The molecule has 0 aliphatic rings. The van der Waals surface area contributed by atoms with E-state index in [-0.39, 0.29) is 5.41 Å². The van der Waals surface area contributed by atoms with Gasteiger partial charge >= 0.3 is 0 Å². The molecule has 0 bridgehead atoms. The summed E-state index contributed by atoms with van der Waals surface area (Å²) in [7, 11) is 0. The molecule has 0 fully saturated rings. The SMILES string of the molecule is CS.Cc1ccc(C(C)(C)C)cc1I. The molecule has 0 aliphatic heterocycles. The lowest BCUT2D eigenvalue weighted by molar-refractivity contribution is 0.589. The third-order valence-corrected chi connectivity index (χ3v) is 3.20. The van der Waals surface area contributed by atoms with Gasteiger partial charge in [0.2, 0.25) is 0 Å². The summed E-state index contributed by atoms with van der Waals surface area (Å²) in [5.74, 6) is 0. The lowest BCUT2D eigenvalue weighted by atomic mass is 9.87. The Bertz CT molecular complexity index is 287. The summed E-state index contributed by atoms with van der Waals surface area (Å²) < 4.78 is 1.36. The first kappa shape index (κ1) is 14.3. The fourth-order valence-corrected chi connectivity index (χ4v) is 1.57. The van der Waals surface area contributed by atoms with Crippen molar-refractivity contribution in [1.82, 2.24) is 0 Å². The maximum absolute atomic E-state index is 3.53. The molecule has 0 aromatic heterocycles. The Labute approximate surface area is 107 Å². The van der Waals surface area contributed by atoms with Crippen molar-refractivity contribution < 1.29 is 0 Å². The van der Waals surface area contributed by atoms with E-state index in [1.807, 2.05) is 0 Å². The first-order chi connectivity index (χ1) is 6.41. The van der Waals surface area contributed by atoms with Crippen LogP contribution in [-0.2, 0) is 5.41 Å². The summed E-state index contributed by atoms with van der Waals surface area (Å²) in [5.41, 5.74) is 3.05. The smallest absolute Gasteiger partial charge is 0.0162 e. The summed E-state index contributed by atoms with van der Waals surface area (Å²) >= 11 is 5.92. The van der Waals surface area contributed by atoms with Gasteiger partial charge in [0, 0.05) is 3.57 Å². The van der Waals surface area contributed by atoms with Gasteiger partial charge in [-0.05, 0) is 58.4 Å². The zero-order valence-corrected chi connectivity index (χ0v) is 12.6.